The SMILES string of the molecule is CN(C[C@H]1CC[C@H](CN(CCO)CCO)CC1)C(=O)Oc1ccc(Cl)cc1. The van der Waals surface area contributed by atoms with Gasteiger partial charge in [-0.05, 0) is 61.8 Å². The number of hydrogen-bond donors (Lipinski definition) is 2. The van der Waals surface area contributed by atoms with Gasteiger partial charge >= 0.3 is 6.09 Å². The zero-order valence-electron chi connectivity index (χ0n) is 16.0. The number of halogens is 1. The van der Waals surface area contributed by atoms with Gasteiger partial charge in [-0.3, -0.25) is 4.90 Å². The number of nitrogens with zero attached hydrogens (tertiary/aromatic N) is 2. The summed E-state index contributed by atoms with van der Waals surface area (Å²) in [5.41, 5.74) is 0. The van der Waals surface area contributed by atoms with Crippen molar-refractivity contribution in [1.82, 2.24) is 9.80 Å². The van der Waals surface area contributed by atoms with Gasteiger partial charge in [0, 0.05) is 38.2 Å². The van der Waals surface area contributed by atoms with Gasteiger partial charge in [-0.25, -0.2) is 4.79 Å². The molecule has 1 aliphatic rings. The molecule has 1 aromatic carbocycles. The van der Waals surface area contributed by atoms with Gasteiger partial charge < -0.3 is 19.8 Å². The lowest BCUT2D eigenvalue weighted by molar-refractivity contribution is 0.118. The van der Waals surface area contributed by atoms with Gasteiger partial charge in [0.25, 0.3) is 0 Å². The molecule has 2 N–H and O–H groups in total. The van der Waals surface area contributed by atoms with E-state index >= 15 is 0 Å². The topological polar surface area (TPSA) is 73.2 Å². The number of ether oxygens (including phenoxy) is 1. The Morgan fingerprint density at radius 1 is 1.04 bits per heavy atom. The van der Waals surface area contributed by atoms with Crippen molar-refractivity contribution < 1.29 is 19.7 Å². The summed E-state index contributed by atoms with van der Waals surface area (Å²) in [6, 6.07) is 6.76. The molecule has 0 aromatic heterocycles. The van der Waals surface area contributed by atoms with E-state index in [0.717, 1.165) is 32.2 Å². The molecule has 0 bridgehead atoms. The smallest absolute Gasteiger partial charge is 0.410 e. The van der Waals surface area contributed by atoms with E-state index < -0.39 is 0 Å². The molecular weight excluding hydrogens is 368 g/mol. The molecule has 6 nitrogen and oxygen atoms in total. The Bertz CT molecular complexity index is 556. The number of aliphatic hydroxyl groups is 2. The third-order valence-electron chi connectivity index (χ3n) is 5.18. The van der Waals surface area contributed by atoms with Gasteiger partial charge in [0.2, 0.25) is 0 Å². The van der Waals surface area contributed by atoms with Crippen LogP contribution in [0.5, 0.6) is 5.75 Å². The summed E-state index contributed by atoms with van der Waals surface area (Å²) in [4.78, 5) is 16.0. The minimum absolute atomic E-state index is 0.121. The Balaban J connectivity index is 1.72. The molecule has 0 spiro atoms. The van der Waals surface area contributed by atoms with Crippen molar-refractivity contribution in [2.45, 2.75) is 25.7 Å². The third-order valence-corrected chi connectivity index (χ3v) is 5.43. The average molecular weight is 399 g/mol. The number of aliphatic hydroxyl groups excluding tert-OH is 2. The fourth-order valence-corrected chi connectivity index (χ4v) is 3.81. The van der Waals surface area contributed by atoms with E-state index in [1.807, 2.05) is 0 Å². The molecule has 1 fully saturated rings. The third kappa shape index (κ3) is 7.66. The van der Waals surface area contributed by atoms with Crippen molar-refractivity contribution >= 4 is 17.7 Å². The molecule has 0 heterocycles. The first-order valence-corrected chi connectivity index (χ1v) is 10.0. The Morgan fingerprint density at radius 2 is 1.56 bits per heavy atom. The fraction of sp³-hybridized carbons (Fsp3) is 0.650. The summed E-state index contributed by atoms with van der Waals surface area (Å²) in [6.07, 6.45) is 4.03. The van der Waals surface area contributed by atoms with E-state index in [0.29, 0.717) is 42.2 Å². The van der Waals surface area contributed by atoms with Crippen LogP contribution in [0.1, 0.15) is 25.7 Å². The average Bonchev–Trinajstić information content (AvgIpc) is 2.65. The number of amides is 1. The maximum Gasteiger partial charge on any atom is 0.414 e. The highest BCUT2D eigenvalue weighted by atomic mass is 35.5. The van der Waals surface area contributed by atoms with Crippen LogP contribution in [0.3, 0.4) is 0 Å². The lowest BCUT2D eigenvalue weighted by Gasteiger charge is -2.33. The zero-order chi connectivity index (χ0) is 19.6. The number of carbonyl (C=O) groups excluding carboxylic acids is 1. The molecule has 27 heavy (non-hydrogen) atoms. The Hall–Kier alpha value is -1.34. The summed E-state index contributed by atoms with van der Waals surface area (Å²) < 4.78 is 5.37. The maximum atomic E-state index is 12.2. The first-order valence-electron chi connectivity index (χ1n) is 9.64. The lowest BCUT2D eigenvalue weighted by atomic mass is 9.81. The second-order valence-electron chi connectivity index (χ2n) is 7.34. The minimum Gasteiger partial charge on any atom is -0.410 e. The number of rotatable bonds is 9. The molecule has 2 rings (SSSR count). The molecule has 0 saturated heterocycles. The Morgan fingerprint density at radius 3 is 2.07 bits per heavy atom. The summed E-state index contributed by atoms with van der Waals surface area (Å²) >= 11 is 5.84. The largest absolute Gasteiger partial charge is 0.414 e. The Kier molecular flexibility index (Phi) is 9.34. The van der Waals surface area contributed by atoms with Crippen molar-refractivity contribution in [3.8, 4) is 5.75 Å². The van der Waals surface area contributed by atoms with E-state index in [4.69, 9.17) is 26.6 Å². The van der Waals surface area contributed by atoms with Gasteiger partial charge in [0.15, 0.2) is 0 Å². The van der Waals surface area contributed by atoms with Crippen LogP contribution < -0.4 is 4.74 Å². The Labute approximate surface area is 166 Å². The standard InChI is InChI=1S/C20H31ClN2O4/c1-22(20(26)27-19-8-6-18(21)7-9-19)14-16-2-4-17(5-3-16)15-23(10-12-24)11-13-25/h6-9,16-17,24-25H,2-5,10-15H2,1H3/t16-,17-. The molecular formula is C20H31ClN2O4. The van der Waals surface area contributed by atoms with Gasteiger partial charge in [0.05, 0.1) is 13.2 Å². The molecule has 0 aliphatic heterocycles. The predicted octanol–water partition coefficient (Wildman–Crippen LogP) is 2.86. The summed E-state index contributed by atoms with van der Waals surface area (Å²) in [5.74, 6) is 1.56. The van der Waals surface area contributed by atoms with Crippen molar-refractivity contribution in [2.24, 2.45) is 11.8 Å². The van der Waals surface area contributed by atoms with E-state index in [1.165, 1.54) is 0 Å². The van der Waals surface area contributed by atoms with E-state index in [1.54, 1.807) is 36.2 Å². The monoisotopic (exact) mass is 398 g/mol. The molecule has 152 valence electrons. The summed E-state index contributed by atoms with van der Waals surface area (Å²) in [5, 5.41) is 18.9. The van der Waals surface area contributed by atoms with E-state index in [9.17, 15) is 4.79 Å². The van der Waals surface area contributed by atoms with Gasteiger partial charge in [-0.2, -0.15) is 0 Å². The van der Waals surface area contributed by atoms with Crippen LogP contribution in [-0.4, -0.2) is 72.5 Å². The van der Waals surface area contributed by atoms with Crippen molar-refractivity contribution in [3.63, 3.8) is 0 Å². The zero-order valence-corrected chi connectivity index (χ0v) is 16.8. The molecule has 0 unspecified atom stereocenters. The van der Waals surface area contributed by atoms with Gasteiger partial charge in [0.1, 0.15) is 5.75 Å². The van der Waals surface area contributed by atoms with Crippen LogP contribution in [0.15, 0.2) is 24.3 Å². The van der Waals surface area contributed by atoms with E-state index in [2.05, 4.69) is 4.90 Å². The van der Waals surface area contributed by atoms with Crippen LogP contribution in [0.2, 0.25) is 5.02 Å². The quantitative estimate of drug-likeness (QED) is 0.669. The number of hydrogen-bond acceptors (Lipinski definition) is 5. The normalized spacial score (nSPS) is 19.9. The van der Waals surface area contributed by atoms with Crippen LogP contribution in [0.4, 0.5) is 4.79 Å². The summed E-state index contributed by atoms with van der Waals surface area (Å²) in [6.45, 7) is 3.07. The molecule has 0 atom stereocenters. The second kappa shape index (κ2) is 11.5. The highest BCUT2D eigenvalue weighted by molar-refractivity contribution is 6.30. The van der Waals surface area contributed by atoms with Gasteiger partial charge in [-0.15, -0.1) is 0 Å². The van der Waals surface area contributed by atoms with Crippen molar-refractivity contribution in [3.05, 3.63) is 29.3 Å². The first kappa shape index (κ1) is 22.0. The summed E-state index contributed by atoms with van der Waals surface area (Å²) in [7, 11) is 1.77. The molecule has 1 amide bonds. The number of carbonyl (C=O) groups is 1. The molecule has 1 aromatic rings. The second-order valence-corrected chi connectivity index (χ2v) is 7.77. The lowest BCUT2D eigenvalue weighted by Crippen LogP contribution is -2.38. The molecule has 1 saturated carbocycles. The first-order chi connectivity index (χ1) is 13.0. The maximum absolute atomic E-state index is 12.2. The number of benzene rings is 1. The van der Waals surface area contributed by atoms with Crippen LogP contribution >= 0.6 is 11.6 Å². The van der Waals surface area contributed by atoms with Gasteiger partial charge in [-0.1, -0.05) is 11.6 Å². The van der Waals surface area contributed by atoms with Crippen LogP contribution in [0, 0.1) is 11.8 Å². The van der Waals surface area contributed by atoms with Crippen molar-refractivity contribution in [1.29, 1.82) is 0 Å². The molecule has 1 aliphatic carbocycles. The predicted molar refractivity (Wildman–Crippen MR) is 106 cm³/mol. The minimum atomic E-state index is -0.350. The van der Waals surface area contributed by atoms with Crippen molar-refractivity contribution in [2.75, 3.05) is 46.4 Å². The van der Waals surface area contributed by atoms with E-state index in [-0.39, 0.29) is 19.3 Å². The highest BCUT2D eigenvalue weighted by Crippen LogP contribution is 2.30. The fourth-order valence-electron chi connectivity index (χ4n) is 3.68. The highest BCUT2D eigenvalue weighted by Gasteiger charge is 2.25. The van der Waals surface area contributed by atoms with Crippen LogP contribution in [-0.2, 0) is 0 Å². The molecule has 0 radical (unpaired) electrons. The molecule has 7 heteroatoms. The van der Waals surface area contributed by atoms with Crippen LogP contribution in [0.25, 0.3) is 0 Å².